The van der Waals surface area contributed by atoms with Gasteiger partial charge in [0.25, 0.3) is 0 Å². The third kappa shape index (κ3) is 6.45. The molecule has 1 saturated heterocycles. The highest BCUT2D eigenvalue weighted by Crippen LogP contribution is 2.39. The molecular weight excluding hydrogens is 563 g/mol. The van der Waals surface area contributed by atoms with Crippen molar-refractivity contribution in [2.45, 2.75) is 44.8 Å². The number of benzene rings is 3. The molecule has 3 N–H and O–H groups in total. The van der Waals surface area contributed by atoms with E-state index < -0.39 is 17.6 Å². The largest absolute Gasteiger partial charge is 0.493 e. The van der Waals surface area contributed by atoms with Gasteiger partial charge in [0, 0.05) is 35.4 Å². The normalized spacial score (nSPS) is 15.8. The number of anilines is 1. The van der Waals surface area contributed by atoms with Crippen LogP contribution in [0, 0.1) is 11.7 Å². The number of carbonyl (C=O) groups excluding carboxylic acids is 2. The van der Waals surface area contributed by atoms with Gasteiger partial charge in [-0.25, -0.2) is 4.39 Å². The van der Waals surface area contributed by atoms with Gasteiger partial charge in [0.2, 0.25) is 0 Å². The summed E-state index contributed by atoms with van der Waals surface area (Å²) >= 11 is 0. The monoisotopic (exact) mass is 598 g/mol. The zero-order valence-corrected chi connectivity index (χ0v) is 24.7. The summed E-state index contributed by atoms with van der Waals surface area (Å²) in [6.45, 7) is 4.03. The van der Waals surface area contributed by atoms with Crippen LogP contribution in [-0.4, -0.2) is 49.1 Å². The van der Waals surface area contributed by atoms with Crippen LogP contribution in [0.25, 0.3) is 10.9 Å². The number of piperidine rings is 1. The minimum Gasteiger partial charge on any atom is -0.493 e. The van der Waals surface area contributed by atoms with Crippen molar-refractivity contribution < 1.29 is 28.2 Å². The van der Waals surface area contributed by atoms with Gasteiger partial charge < -0.3 is 30.2 Å². The summed E-state index contributed by atoms with van der Waals surface area (Å²) in [4.78, 5) is 29.5. The lowest BCUT2D eigenvalue weighted by Gasteiger charge is -2.29. The van der Waals surface area contributed by atoms with Crippen molar-refractivity contribution >= 4 is 28.4 Å². The first-order valence-corrected chi connectivity index (χ1v) is 14.9. The van der Waals surface area contributed by atoms with Gasteiger partial charge in [0.15, 0.2) is 23.1 Å². The molecule has 3 aromatic carbocycles. The molecule has 228 valence electrons. The zero-order chi connectivity index (χ0) is 30.6. The molecule has 9 nitrogen and oxygen atoms in total. The minimum absolute atomic E-state index is 0.00176. The maximum Gasteiger partial charge on any atom is 0.313 e. The molecule has 0 spiro atoms. The minimum atomic E-state index is -0.867. The van der Waals surface area contributed by atoms with Crippen LogP contribution in [0.1, 0.15) is 30.9 Å². The lowest BCUT2D eigenvalue weighted by atomic mass is 9.93. The molecule has 1 aliphatic carbocycles. The Kier molecular flexibility index (Phi) is 8.60. The highest BCUT2D eigenvalue weighted by atomic mass is 19.1. The smallest absolute Gasteiger partial charge is 0.313 e. The maximum atomic E-state index is 15.2. The van der Waals surface area contributed by atoms with E-state index in [1.165, 1.54) is 12.1 Å². The number of carbonyl (C=O) groups is 2. The Labute approximate surface area is 255 Å². The van der Waals surface area contributed by atoms with E-state index in [2.05, 4.69) is 27.9 Å². The predicted molar refractivity (Wildman–Crippen MR) is 165 cm³/mol. The number of halogens is 1. The van der Waals surface area contributed by atoms with E-state index in [-0.39, 0.29) is 23.6 Å². The Bertz CT molecular complexity index is 1670. The molecule has 1 aromatic heterocycles. The van der Waals surface area contributed by atoms with Crippen molar-refractivity contribution in [1.29, 1.82) is 0 Å². The topological polar surface area (TPSA) is 111 Å². The number of rotatable bonds is 8. The standard InChI is InChI=1S/C34H35FN4O5/c1-20(21-9-12-36-13-10-21)43-32-19-28-26(18-31(32)42-2)29(11-14-37-28)44-30-8-7-24(17-27(30)35)38-33(40)34(41)39-25-15-22-5-3-4-6-23(22)16-25/h3-8,11,14,17-21,25,36H,9-10,12-13,15-16H2,1-2H3,(H,38,40)(H,39,41). The molecule has 1 fully saturated rings. The Morgan fingerprint density at radius 1 is 0.932 bits per heavy atom. The first-order chi connectivity index (χ1) is 21.4. The lowest BCUT2D eigenvalue weighted by Crippen LogP contribution is -2.42. The second kappa shape index (κ2) is 12.9. The summed E-state index contributed by atoms with van der Waals surface area (Å²) in [5, 5.41) is 9.23. The molecule has 44 heavy (non-hydrogen) atoms. The number of nitrogens with one attached hydrogen (secondary N) is 3. The first-order valence-electron chi connectivity index (χ1n) is 14.9. The molecule has 2 heterocycles. The van der Waals surface area contributed by atoms with E-state index in [4.69, 9.17) is 14.2 Å². The summed E-state index contributed by atoms with van der Waals surface area (Å²) in [6.07, 6.45) is 5.00. The Morgan fingerprint density at radius 3 is 2.39 bits per heavy atom. The lowest BCUT2D eigenvalue weighted by molar-refractivity contribution is -0.136. The molecule has 0 saturated carbocycles. The van der Waals surface area contributed by atoms with Gasteiger partial charge in [-0.05, 0) is 87.0 Å². The molecule has 1 unspecified atom stereocenters. The molecule has 2 amide bonds. The van der Waals surface area contributed by atoms with Gasteiger partial charge in [-0.1, -0.05) is 24.3 Å². The summed E-state index contributed by atoms with van der Waals surface area (Å²) in [7, 11) is 1.57. The van der Waals surface area contributed by atoms with Gasteiger partial charge in [-0.15, -0.1) is 0 Å². The van der Waals surface area contributed by atoms with Crippen molar-refractivity contribution in [2.75, 3.05) is 25.5 Å². The van der Waals surface area contributed by atoms with Crippen molar-refractivity contribution in [3.63, 3.8) is 0 Å². The zero-order valence-electron chi connectivity index (χ0n) is 24.7. The maximum absolute atomic E-state index is 15.2. The van der Waals surface area contributed by atoms with Crippen LogP contribution < -0.4 is 30.2 Å². The molecule has 1 aliphatic heterocycles. The average Bonchev–Trinajstić information content (AvgIpc) is 3.45. The number of fused-ring (bicyclic) bond motifs is 2. The van der Waals surface area contributed by atoms with Crippen LogP contribution in [0.3, 0.4) is 0 Å². The number of hydrogen-bond donors (Lipinski definition) is 3. The summed E-state index contributed by atoms with van der Waals surface area (Å²) in [6, 6.07) is 17.0. The van der Waals surface area contributed by atoms with Crippen molar-refractivity contribution in [3.05, 3.63) is 83.8 Å². The van der Waals surface area contributed by atoms with Crippen molar-refractivity contribution in [3.8, 4) is 23.0 Å². The number of pyridine rings is 1. The number of ether oxygens (including phenoxy) is 3. The van der Waals surface area contributed by atoms with E-state index in [1.807, 2.05) is 30.3 Å². The molecule has 10 heteroatoms. The number of nitrogens with zero attached hydrogens (tertiary/aromatic N) is 1. The third-order valence-electron chi connectivity index (χ3n) is 8.35. The van der Waals surface area contributed by atoms with Crippen molar-refractivity contribution in [1.82, 2.24) is 15.6 Å². The van der Waals surface area contributed by atoms with Crippen molar-refractivity contribution in [2.24, 2.45) is 5.92 Å². The summed E-state index contributed by atoms with van der Waals surface area (Å²) < 4.78 is 33.1. The van der Waals surface area contributed by atoms with Gasteiger partial charge >= 0.3 is 11.8 Å². The Morgan fingerprint density at radius 2 is 1.68 bits per heavy atom. The highest BCUT2D eigenvalue weighted by molar-refractivity contribution is 6.39. The second-order valence-corrected chi connectivity index (χ2v) is 11.3. The van der Waals surface area contributed by atoms with E-state index in [1.54, 1.807) is 25.4 Å². The van der Waals surface area contributed by atoms with Gasteiger partial charge in [-0.3, -0.25) is 14.6 Å². The molecule has 2 aliphatic rings. The van der Waals surface area contributed by atoms with E-state index in [0.29, 0.717) is 46.9 Å². The number of hydrogen-bond acceptors (Lipinski definition) is 7. The predicted octanol–water partition coefficient (Wildman–Crippen LogP) is 5.16. The highest BCUT2D eigenvalue weighted by Gasteiger charge is 2.26. The molecule has 0 bridgehead atoms. The number of methoxy groups -OCH3 is 1. The SMILES string of the molecule is COc1cc2c(Oc3ccc(NC(=O)C(=O)NC4Cc5ccccc5C4)cc3F)ccnc2cc1OC(C)C1CCNCC1. The fourth-order valence-electron chi connectivity index (χ4n) is 5.96. The van der Waals surface area contributed by atoms with Crippen LogP contribution in [0.2, 0.25) is 0 Å². The van der Waals surface area contributed by atoms with Crippen LogP contribution >= 0.6 is 0 Å². The van der Waals surface area contributed by atoms with E-state index >= 15 is 4.39 Å². The number of aromatic nitrogens is 1. The molecule has 4 aromatic rings. The molecule has 6 rings (SSSR count). The molecule has 0 radical (unpaired) electrons. The quantitative estimate of drug-likeness (QED) is 0.240. The summed E-state index contributed by atoms with van der Waals surface area (Å²) in [5.74, 6) is -0.473. The van der Waals surface area contributed by atoms with Gasteiger partial charge in [0.1, 0.15) is 5.75 Å². The summed E-state index contributed by atoms with van der Waals surface area (Å²) in [5.41, 5.74) is 3.06. The van der Waals surface area contributed by atoms with E-state index in [0.717, 1.165) is 43.1 Å². The first kappa shape index (κ1) is 29.4. The van der Waals surface area contributed by atoms with Gasteiger partial charge in [0.05, 0.1) is 18.7 Å². The fraction of sp³-hybridized carbons (Fsp3) is 0.324. The Balaban J connectivity index is 1.12. The van der Waals surface area contributed by atoms with E-state index in [9.17, 15) is 9.59 Å². The van der Waals surface area contributed by atoms with Gasteiger partial charge in [-0.2, -0.15) is 0 Å². The van der Waals surface area contributed by atoms with Crippen LogP contribution in [0.4, 0.5) is 10.1 Å². The van der Waals surface area contributed by atoms with Crippen LogP contribution in [0.5, 0.6) is 23.0 Å². The average molecular weight is 599 g/mol. The number of amides is 2. The Hall–Kier alpha value is -4.70. The van der Waals surface area contributed by atoms with Crippen LogP contribution in [-0.2, 0) is 22.4 Å². The second-order valence-electron chi connectivity index (χ2n) is 11.3. The van der Waals surface area contributed by atoms with Crippen LogP contribution in [0.15, 0.2) is 66.9 Å². The fourth-order valence-corrected chi connectivity index (χ4v) is 5.96. The molecule has 1 atom stereocenters. The molecular formula is C34H35FN4O5. The third-order valence-corrected chi connectivity index (χ3v) is 8.35.